The Labute approximate surface area is 100.0 Å². The van der Waals surface area contributed by atoms with Crippen molar-refractivity contribution in [2.75, 3.05) is 7.11 Å². The number of carbonyl (C=O) groups excluding carboxylic acids is 1. The van der Waals surface area contributed by atoms with E-state index in [9.17, 15) is 4.79 Å². The molecule has 0 N–H and O–H groups in total. The third-order valence-electron chi connectivity index (χ3n) is 3.23. The zero-order valence-corrected chi connectivity index (χ0v) is 9.85. The molecule has 1 atom stereocenters. The van der Waals surface area contributed by atoms with Gasteiger partial charge in [-0.1, -0.05) is 0 Å². The van der Waals surface area contributed by atoms with Crippen LogP contribution in [0.3, 0.4) is 0 Å². The molecule has 0 aliphatic heterocycles. The van der Waals surface area contributed by atoms with Crippen LogP contribution in [-0.4, -0.2) is 22.9 Å². The minimum absolute atomic E-state index is 0.158. The van der Waals surface area contributed by atoms with Crippen LogP contribution >= 0.6 is 0 Å². The minimum Gasteiger partial charge on any atom is -0.468 e. The molecule has 1 aliphatic carbocycles. The van der Waals surface area contributed by atoms with Crippen LogP contribution in [0.1, 0.15) is 36.4 Å². The maximum atomic E-state index is 11.2. The average Bonchev–Trinajstić information content (AvgIpc) is 2.74. The number of ether oxygens (including phenoxy) is 1. The smallest absolute Gasteiger partial charge is 0.327 e. The number of aromatic nitrogens is 2. The van der Waals surface area contributed by atoms with Gasteiger partial charge in [-0.2, -0.15) is 10.4 Å². The van der Waals surface area contributed by atoms with Crippen molar-refractivity contribution in [2.24, 2.45) is 0 Å². The number of hydrogen-bond acceptors (Lipinski definition) is 4. The molecule has 0 amide bonds. The lowest BCUT2D eigenvalue weighted by molar-refractivity contribution is -0.141. The first kappa shape index (κ1) is 11.6. The third kappa shape index (κ3) is 2.31. The maximum absolute atomic E-state index is 11.2. The number of nitriles is 1. The van der Waals surface area contributed by atoms with Gasteiger partial charge in [0.2, 0.25) is 0 Å². The summed E-state index contributed by atoms with van der Waals surface area (Å²) in [4.78, 5) is 11.2. The van der Waals surface area contributed by atoms with Crippen molar-refractivity contribution in [2.45, 2.75) is 38.1 Å². The molecule has 5 heteroatoms. The van der Waals surface area contributed by atoms with E-state index in [0.717, 1.165) is 30.5 Å². The van der Waals surface area contributed by atoms with E-state index in [1.54, 1.807) is 10.9 Å². The van der Waals surface area contributed by atoms with Crippen LogP contribution < -0.4 is 0 Å². The molecule has 1 unspecified atom stereocenters. The van der Waals surface area contributed by atoms with Gasteiger partial charge in [0.05, 0.1) is 19.4 Å². The molecule has 2 rings (SSSR count). The monoisotopic (exact) mass is 233 g/mol. The molecule has 0 saturated heterocycles. The molecule has 0 bridgehead atoms. The summed E-state index contributed by atoms with van der Waals surface area (Å²) >= 11 is 0. The summed E-state index contributed by atoms with van der Waals surface area (Å²) in [5.41, 5.74) is 2.21. The molecule has 0 aromatic carbocycles. The topological polar surface area (TPSA) is 67.9 Å². The standard InChI is InChI=1S/C12H15N3O2/c1-17-12(16)8-15-11-4-2-3-9(5-6-13)10(11)7-14-15/h7,9H,2-5,8H2,1H3. The van der Waals surface area contributed by atoms with Crippen molar-refractivity contribution in [3.8, 4) is 6.07 Å². The second-order valence-corrected chi connectivity index (χ2v) is 4.23. The Hall–Kier alpha value is -1.83. The summed E-state index contributed by atoms with van der Waals surface area (Å²) in [5.74, 6) is -0.0200. The summed E-state index contributed by atoms with van der Waals surface area (Å²) in [5, 5.41) is 13.0. The first-order chi connectivity index (χ1) is 8.26. The lowest BCUT2D eigenvalue weighted by Gasteiger charge is -2.20. The SMILES string of the molecule is COC(=O)Cn1ncc2c1CCCC2CC#N. The van der Waals surface area contributed by atoms with Gasteiger partial charge in [0.1, 0.15) is 6.54 Å². The summed E-state index contributed by atoms with van der Waals surface area (Å²) in [6.07, 6.45) is 5.32. The van der Waals surface area contributed by atoms with Gasteiger partial charge < -0.3 is 4.74 Å². The molecule has 1 heterocycles. The van der Waals surface area contributed by atoms with Crippen LogP contribution in [0, 0.1) is 11.3 Å². The van der Waals surface area contributed by atoms with Crippen molar-refractivity contribution in [1.82, 2.24) is 9.78 Å². The van der Waals surface area contributed by atoms with Crippen molar-refractivity contribution >= 4 is 5.97 Å². The number of carbonyl (C=O) groups is 1. The van der Waals surface area contributed by atoms with Gasteiger partial charge in [0.25, 0.3) is 0 Å². The van der Waals surface area contributed by atoms with Gasteiger partial charge in [0, 0.05) is 18.0 Å². The Morgan fingerprint density at radius 3 is 3.29 bits per heavy atom. The Bertz CT molecular complexity index is 459. The highest BCUT2D eigenvalue weighted by molar-refractivity contribution is 5.69. The van der Waals surface area contributed by atoms with Crippen LogP contribution in [0.5, 0.6) is 0 Å². The Morgan fingerprint density at radius 2 is 2.59 bits per heavy atom. The first-order valence-corrected chi connectivity index (χ1v) is 5.74. The Morgan fingerprint density at radius 1 is 1.76 bits per heavy atom. The molecule has 17 heavy (non-hydrogen) atoms. The van der Waals surface area contributed by atoms with Gasteiger partial charge in [-0.25, -0.2) is 0 Å². The number of methoxy groups -OCH3 is 1. The van der Waals surface area contributed by atoms with E-state index < -0.39 is 0 Å². The third-order valence-corrected chi connectivity index (χ3v) is 3.23. The van der Waals surface area contributed by atoms with Crippen LogP contribution in [0.2, 0.25) is 0 Å². The number of fused-ring (bicyclic) bond motifs is 1. The fourth-order valence-electron chi connectivity index (χ4n) is 2.36. The second kappa shape index (κ2) is 5.00. The van der Waals surface area contributed by atoms with E-state index in [2.05, 4.69) is 15.9 Å². The molecule has 0 radical (unpaired) electrons. The highest BCUT2D eigenvalue weighted by Crippen LogP contribution is 2.33. The van der Waals surface area contributed by atoms with E-state index in [0.29, 0.717) is 6.42 Å². The normalized spacial score (nSPS) is 18.2. The molecule has 5 nitrogen and oxygen atoms in total. The number of nitrogens with zero attached hydrogens (tertiary/aromatic N) is 3. The van der Waals surface area contributed by atoms with E-state index in [4.69, 9.17) is 5.26 Å². The van der Waals surface area contributed by atoms with Gasteiger partial charge in [-0.05, 0) is 24.8 Å². The zero-order chi connectivity index (χ0) is 12.3. The van der Waals surface area contributed by atoms with Crippen LogP contribution in [0.4, 0.5) is 0 Å². The zero-order valence-electron chi connectivity index (χ0n) is 9.85. The van der Waals surface area contributed by atoms with Crippen molar-refractivity contribution in [1.29, 1.82) is 5.26 Å². The number of hydrogen-bond donors (Lipinski definition) is 0. The fraction of sp³-hybridized carbons (Fsp3) is 0.583. The summed E-state index contributed by atoms with van der Waals surface area (Å²) in [6, 6.07) is 2.21. The molecule has 0 fully saturated rings. The number of rotatable bonds is 3. The summed E-state index contributed by atoms with van der Waals surface area (Å²) in [7, 11) is 1.37. The van der Waals surface area contributed by atoms with Gasteiger partial charge in [0.15, 0.2) is 0 Å². The maximum Gasteiger partial charge on any atom is 0.327 e. The van der Waals surface area contributed by atoms with Crippen LogP contribution in [0.25, 0.3) is 0 Å². The largest absolute Gasteiger partial charge is 0.468 e. The molecule has 1 aromatic heterocycles. The molecular weight excluding hydrogens is 218 g/mol. The molecular formula is C12H15N3O2. The summed E-state index contributed by atoms with van der Waals surface area (Å²) < 4.78 is 6.34. The molecule has 90 valence electrons. The highest BCUT2D eigenvalue weighted by atomic mass is 16.5. The second-order valence-electron chi connectivity index (χ2n) is 4.23. The minimum atomic E-state index is -0.293. The van der Waals surface area contributed by atoms with Crippen molar-refractivity contribution in [3.63, 3.8) is 0 Å². The predicted octanol–water partition coefficient (Wildman–Crippen LogP) is 1.39. The van der Waals surface area contributed by atoms with E-state index in [1.165, 1.54) is 7.11 Å². The predicted molar refractivity (Wildman–Crippen MR) is 60.2 cm³/mol. The lowest BCUT2D eigenvalue weighted by atomic mass is 9.85. The van der Waals surface area contributed by atoms with E-state index >= 15 is 0 Å². The number of esters is 1. The Kier molecular flexibility index (Phi) is 3.43. The average molecular weight is 233 g/mol. The molecule has 1 aliphatic rings. The fourth-order valence-corrected chi connectivity index (χ4v) is 2.36. The molecule has 0 spiro atoms. The highest BCUT2D eigenvalue weighted by Gasteiger charge is 2.24. The summed E-state index contributed by atoms with van der Waals surface area (Å²) in [6.45, 7) is 0.158. The quantitative estimate of drug-likeness (QED) is 0.740. The van der Waals surface area contributed by atoms with Gasteiger partial charge >= 0.3 is 5.97 Å². The van der Waals surface area contributed by atoms with Crippen LogP contribution in [-0.2, 0) is 22.5 Å². The van der Waals surface area contributed by atoms with Gasteiger partial charge in [-0.15, -0.1) is 0 Å². The Balaban J connectivity index is 2.22. The van der Waals surface area contributed by atoms with Crippen LogP contribution in [0.15, 0.2) is 6.20 Å². The molecule has 1 aromatic rings. The van der Waals surface area contributed by atoms with E-state index in [-0.39, 0.29) is 18.4 Å². The van der Waals surface area contributed by atoms with Crippen molar-refractivity contribution < 1.29 is 9.53 Å². The molecule has 0 saturated carbocycles. The van der Waals surface area contributed by atoms with E-state index in [1.807, 2.05) is 0 Å². The first-order valence-electron chi connectivity index (χ1n) is 5.74. The lowest BCUT2D eigenvalue weighted by Crippen LogP contribution is -2.18. The van der Waals surface area contributed by atoms with Crippen molar-refractivity contribution in [3.05, 3.63) is 17.5 Å². The van der Waals surface area contributed by atoms with Gasteiger partial charge in [-0.3, -0.25) is 9.48 Å².